The summed E-state index contributed by atoms with van der Waals surface area (Å²) < 4.78 is 5.19. The Bertz CT molecular complexity index is 608. The first kappa shape index (κ1) is 12.9. The van der Waals surface area contributed by atoms with Crippen LogP contribution in [0.4, 0.5) is 5.82 Å². The van der Waals surface area contributed by atoms with E-state index >= 15 is 0 Å². The number of nitrogens with zero attached hydrogens (tertiary/aromatic N) is 2. The van der Waals surface area contributed by atoms with Crippen LogP contribution < -0.4 is 10.1 Å². The Hall–Kier alpha value is -2.10. The van der Waals surface area contributed by atoms with E-state index in [1.54, 1.807) is 7.11 Å². The van der Waals surface area contributed by atoms with E-state index in [1.165, 1.54) is 17.7 Å². The highest BCUT2D eigenvalue weighted by atomic mass is 16.5. The number of benzene rings is 1. The molecule has 0 saturated heterocycles. The van der Waals surface area contributed by atoms with Gasteiger partial charge >= 0.3 is 0 Å². The predicted molar refractivity (Wildman–Crippen MR) is 80.2 cm³/mol. The van der Waals surface area contributed by atoms with Crippen molar-refractivity contribution >= 4 is 5.82 Å². The van der Waals surface area contributed by atoms with Gasteiger partial charge in [-0.05, 0) is 50.5 Å². The highest BCUT2D eigenvalue weighted by molar-refractivity contribution is 5.61. The van der Waals surface area contributed by atoms with Gasteiger partial charge in [0.15, 0.2) is 5.82 Å². The molecule has 0 radical (unpaired) electrons. The second kappa shape index (κ2) is 5.49. The van der Waals surface area contributed by atoms with E-state index in [0.717, 1.165) is 42.3 Å². The quantitative estimate of drug-likeness (QED) is 0.926. The van der Waals surface area contributed by atoms with E-state index < -0.39 is 0 Å². The number of hydrogen-bond acceptors (Lipinski definition) is 4. The summed E-state index contributed by atoms with van der Waals surface area (Å²) in [5.74, 6) is 2.65. The van der Waals surface area contributed by atoms with Gasteiger partial charge in [0.1, 0.15) is 11.6 Å². The van der Waals surface area contributed by atoms with E-state index in [9.17, 15) is 0 Å². The van der Waals surface area contributed by atoms with Gasteiger partial charge in [-0.15, -0.1) is 0 Å². The molecule has 0 unspecified atom stereocenters. The number of anilines is 1. The summed E-state index contributed by atoms with van der Waals surface area (Å²) in [7, 11) is 1.67. The number of aromatic nitrogens is 2. The first-order valence-electron chi connectivity index (χ1n) is 7.10. The SMILES string of the molecule is CCNc1nc(-c2ccc(OC)cc2)nc2c1CCC2. The molecule has 0 saturated carbocycles. The minimum atomic E-state index is 0.796. The maximum atomic E-state index is 5.19. The highest BCUT2D eigenvalue weighted by Gasteiger charge is 2.19. The molecular weight excluding hydrogens is 250 g/mol. The molecule has 0 amide bonds. The maximum Gasteiger partial charge on any atom is 0.161 e. The summed E-state index contributed by atoms with van der Waals surface area (Å²) in [6, 6.07) is 7.90. The van der Waals surface area contributed by atoms with Crippen LogP contribution in [-0.4, -0.2) is 23.6 Å². The molecule has 1 N–H and O–H groups in total. The average Bonchev–Trinajstić information content (AvgIpc) is 2.96. The number of hydrogen-bond donors (Lipinski definition) is 1. The molecule has 1 aliphatic rings. The second-order valence-corrected chi connectivity index (χ2v) is 4.93. The van der Waals surface area contributed by atoms with Crippen molar-refractivity contribution in [2.75, 3.05) is 19.0 Å². The van der Waals surface area contributed by atoms with Gasteiger partial charge in [-0.2, -0.15) is 0 Å². The molecule has 1 aromatic heterocycles. The molecule has 0 spiro atoms. The summed E-state index contributed by atoms with van der Waals surface area (Å²) in [4.78, 5) is 9.43. The van der Waals surface area contributed by atoms with Gasteiger partial charge in [0.25, 0.3) is 0 Å². The fourth-order valence-electron chi connectivity index (χ4n) is 2.62. The van der Waals surface area contributed by atoms with Crippen LogP contribution in [0.3, 0.4) is 0 Å². The lowest BCUT2D eigenvalue weighted by molar-refractivity contribution is 0.415. The Morgan fingerprint density at radius 2 is 1.95 bits per heavy atom. The third kappa shape index (κ3) is 2.33. The zero-order valence-electron chi connectivity index (χ0n) is 11.9. The highest BCUT2D eigenvalue weighted by Crippen LogP contribution is 2.29. The van der Waals surface area contributed by atoms with Gasteiger partial charge in [-0.3, -0.25) is 0 Å². The maximum absolute atomic E-state index is 5.19. The molecule has 1 aliphatic carbocycles. The first-order valence-corrected chi connectivity index (χ1v) is 7.10. The van der Waals surface area contributed by atoms with Crippen molar-refractivity contribution in [1.29, 1.82) is 0 Å². The van der Waals surface area contributed by atoms with Gasteiger partial charge in [-0.25, -0.2) is 9.97 Å². The van der Waals surface area contributed by atoms with E-state index in [1.807, 2.05) is 24.3 Å². The summed E-state index contributed by atoms with van der Waals surface area (Å²) >= 11 is 0. The van der Waals surface area contributed by atoms with Crippen molar-refractivity contribution in [1.82, 2.24) is 9.97 Å². The molecule has 0 atom stereocenters. The summed E-state index contributed by atoms with van der Waals surface area (Å²) in [5.41, 5.74) is 3.52. The molecule has 3 rings (SSSR count). The van der Waals surface area contributed by atoms with Crippen molar-refractivity contribution in [3.05, 3.63) is 35.5 Å². The molecule has 20 heavy (non-hydrogen) atoms. The third-order valence-electron chi connectivity index (χ3n) is 3.63. The lowest BCUT2D eigenvalue weighted by Gasteiger charge is -2.11. The Morgan fingerprint density at radius 1 is 1.15 bits per heavy atom. The zero-order valence-corrected chi connectivity index (χ0v) is 11.9. The Kier molecular flexibility index (Phi) is 3.54. The van der Waals surface area contributed by atoms with Gasteiger partial charge in [0.05, 0.1) is 7.11 Å². The van der Waals surface area contributed by atoms with Crippen LogP contribution in [0.1, 0.15) is 24.6 Å². The van der Waals surface area contributed by atoms with Crippen LogP contribution in [0, 0.1) is 0 Å². The second-order valence-electron chi connectivity index (χ2n) is 4.93. The van der Waals surface area contributed by atoms with Gasteiger partial charge in [-0.1, -0.05) is 0 Å². The molecule has 0 bridgehead atoms. The fourth-order valence-corrected chi connectivity index (χ4v) is 2.62. The molecule has 104 valence electrons. The Labute approximate surface area is 119 Å². The van der Waals surface area contributed by atoms with Crippen molar-refractivity contribution in [2.24, 2.45) is 0 Å². The number of aryl methyl sites for hydroxylation is 1. The number of methoxy groups -OCH3 is 1. The van der Waals surface area contributed by atoms with E-state index in [2.05, 4.69) is 12.2 Å². The van der Waals surface area contributed by atoms with Crippen molar-refractivity contribution in [2.45, 2.75) is 26.2 Å². The predicted octanol–water partition coefficient (Wildman–Crippen LogP) is 3.07. The van der Waals surface area contributed by atoms with Crippen molar-refractivity contribution in [3.63, 3.8) is 0 Å². The number of rotatable bonds is 4. The molecule has 1 heterocycles. The third-order valence-corrected chi connectivity index (χ3v) is 3.63. The topological polar surface area (TPSA) is 47.0 Å². The van der Waals surface area contributed by atoms with E-state index in [0.29, 0.717) is 0 Å². The number of nitrogens with one attached hydrogen (secondary N) is 1. The molecule has 2 aromatic rings. The lowest BCUT2D eigenvalue weighted by atomic mass is 10.1. The minimum Gasteiger partial charge on any atom is -0.497 e. The summed E-state index contributed by atoms with van der Waals surface area (Å²) in [6.45, 7) is 2.97. The Balaban J connectivity index is 2.02. The van der Waals surface area contributed by atoms with Crippen LogP contribution in [0.15, 0.2) is 24.3 Å². The largest absolute Gasteiger partial charge is 0.497 e. The van der Waals surface area contributed by atoms with Crippen LogP contribution in [0.5, 0.6) is 5.75 Å². The van der Waals surface area contributed by atoms with Gasteiger partial charge in [0, 0.05) is 23.4 Å². The van der Waals surface area contributed by atoms with E-state index in [-0.39, 0.29) is 0 Å². The van der Waals surface area contributed by atoms with Crippen LogP contribution in [-0.2, 0) is 12.8 Å². The monoisotopic (exact) mass is 269 g/mol. The average molecular weight is 269 g/mol. The summed E-state index contributed by atoms with van der Waals surface area (Å²) in [5, 5.41) is 3.36. The standard InChI is InChI=1S/C16H19N3O/c1-3-17-16-13-5-4-6-14(13)18-15(19-16)11-7-9-12(20-2)10-8-11/h7-10H,3-6H2,1-2H3,(H,17,18,19). The molecule has 4 nitrogen and oxygen atoms in total. The normalized spacial score (nSPS) is 13.1. The van der Waals surface area contributed by atoms with Gasteiger partial charge < -0.3 is 10.1 Å². The number of ether oxygens (including phenoxy) is 1. The Morgan fingerprint density at radius 3 is 2.65 bits per heavy atom. The van der Waals surface area contributed by atoms with E-state index in [4.69, 9.17) is 14.7 Å². The zero-order chi connectivity index (χ0) is 13.9. The number of fused-ring (bicyclic) bond motifs is 1. The first-order chi connectivity index (χ1) is 9.81. The molecule has 0 aliphatic heterocycles. The molecular formula is C16H19N3O. The van der Waals surface area contributed by atoms with Crippen LogP contribution in [0.25, 0.3) is 11.4 Å². The minimum absolute atomic E-state index is 0.796. The smallest absolute Gasteiger partial charge is 0.161 e. The fraction of sp³-hybridized carbons (Fsp3) is 0.375. The van der Waals surface area contributed by atoms with Crippen LogP contribution >= 0.6 is 0 Å². The van der Waals surface area contributed by atoms with Crippen molar-refractivity contribution in [3.8, 4) is 17.1 Å². The summed E-state index contributed by atoms with van der Waals surface area (Å²) in [6.07, 6.45) is 3.31. The molecule has 0 fully saturated rings. The van der Waals surface area contributed by atoms with Crippen LogP contribution in [0.2, 0.25) is 0 Å². The molecule has 1 aromatic carbocycles. The van der Waals surface area contributed by atoms with Crippen molar-refractivity contribution < 1.29 is 4.74 Å². The lowest BCUT2D eigenvalue weighted by Crippen LogP contribution is -2.06. The molecule has 4 heteroatoms. The van der Waals surface area contributed by atoms with Gasteiger partial charge in [0.2, 0.25) is 0 Å².